The third-order valence-corrected chi connectivity index (χ3v) is 2.86. The summed E-state index contributed by atoms with van der Waals surface area (Å²) >= 11 is 0. The second-order valence-corrected chi connectivity index (χ2v) is 4.01. The molecule has 0 radical (unpaired) electrons. The quantitative estimate of drug-likeness (QED) is 0.817. The lowest BCUT2D eigenvalue weighted by Gasteiger charge is -2.18. The highest BCUT2D eigenvalue weighted by Crippen LogP contribution is 2.41. The molecule has 6 heteroatoms. The van der Waals surface area contributed by atoms with Crippen molar-refractivity contribution in [3.63, 3.8) is 0 Å². The molecule has 0 aliphatic rings. The van der Waals surface area contributed by atoms with Gasteiger partial charge in [-0.15, -0.1) is 0 Å². The fraction of sp³-hybridized carbons (Fsp3) is 0.462. The van der Waals surface area contributed by atoms with Crippen LogP contribution in [0.25, 0.3) is 0 Å². The minimum Gasteiger partial charge on any atom is -0.504 e. The average molecular weight is 272 g/mol. The van der Waals surface area contributed by atoms with Crippen LogP contribution in [0.2, 0.25) is 0 Å². The van der Waals surface area contributed by atoms with Crippen molar-refractivity contribution < 1.29 is 28.9 Å². The minimum atomic E-state index is -1.76. The zero-order chi connectivity index (χ0) is 14.7. The van der Waals surface area contributed by atoms with Gasteiger partial charge in [-0.05, 0) is 26.3 Å². The molecule has 0 aliphatic carbocycles. The van der Waals surface area contributed by atoms with Gasteiger partial charge in [-0.25, -0.2) is 9.18 Å². The minimum absolute atomic E-state index is 0.0173. The van der Waals surface area contributed by atoms with Crippen molar-refractivity contribution in [3.8, 4) is 11.5 Å². The van der Waals surface area contributed by atoms with E-state index >= 15 is 0 Å². The number of esters is 1. The molecule has 106 valence electrons. The topological polar surface area (TPSA) is 76.0 Å². The van der Waals surface area contributed by atoms with Crippen molar-refractivity contribution in [1.82, 2.24) is 0 Å². The van der Waals surface area contributed by atoms with E-state index in [0.717, 1.165) is 0 Å². The maximum absolute atomic E-state index is 14.0. The van der Waals surface area contributed by atoms with Gasteiger partial charge >= 0.3 is 5.97 Å². The molecule has 1 aromatic rings. The Morgan fingerprint density at radius 1 is 1.37 bits per heavy atom. The number of phenols is 1. The summed E-state index contributed by atoms with van der Waals surface area (Å²) in [7, 11) is 1.26. The number of aromatic hydroxyl groups is 1. The van der Waals surface area contributed by atoms with E-state index in [1.54, 1.807) is 6.92 Å². The smallest absolute Gasteiger partial charge is 0.339 e. The monoisotopic (exact) mass is 272 g/mol. The van der Waals surface area contributed by atoms with Gasteiger partial charge in [0.15, 0.2) is 17.6 Å². The molecule has 0 aromatic heterocycles. The van der Waals surface area contributed by atoms with E-state index in [2.05, 4.69) is 4.74 Å². The largest absolute Gasteiger partial charge is 0.504 e. The van der Waals surface area contributed by atoms with Crippen LogP contribution in [-0.4, -0.2) is 29.9 Å². The van der Waals surface area contributed by atoms with Crippen LogP contribution in [0.4, 0.5) is 4.39 Å². The van der Waals surface area contributed by atoms with E-state index in [9.17, 15) is 19.4 Å². The number of aliphatic hydroxyl groups excluding tert-OH is 1. The van der Waals surface area contributed by atoms with E-state index < -0.39 is 23.6 Å². The van der Waals surface area contributed by atoms with Gasteiger partial charge in [-0.1, -0.05) is 0 Å². The average Bonchev–Trinajstić information content (AvgIpc) is 2.37. The molecule has 1 rings (SSSR count). The van der Waals surface area contributed by atoms with Crippen molar-refractivity contribution in [3.05, 3.63) is 22.5 Å². The molecule has 0 saturated carbocycles. The summed E-state index contributed by atoms with van der Waals surface area (Å²) in [6, 6.07) is 0. The summed E-state index contributed by atoms with van der Waals surface area (Å²) in [6.45, 7) is 4.44. The van der Waals surface area contributed by atoms with Gasteiger partial charge in [-0.3, -0.25) is 0 Å². The van der Waals surface area contributed by atoms with Crippen molar-refractivity contribution >= 4 is 5.97 Å². The number of carbonyl (C=O) groups is 1. The van der Waals surface area contributed by atoms with Gasteiger partial charge in [0.05, 0.1) is 13.7 Å². The van der Waals surface area contributed by atoms with Crippen molar-refractivity contribution in [2.75, 3.05) is 13.7 Å². The summed E-state index contributed by atoms with van der Waals surface area (Å²) in [5, 5.41) is 19.9. The van der Waals surface area contributed by atoms with E-state index in [1.165, 1.54) is 21.0 Å². The molecule has 0 aliphatic heterocycles. The number of hydrogen-bond donors (Lipinski definition) is 2. The Morgan fingerprint density at radius 2 is 1.95 bits per heavy atom. The molecule has 2 N–H and O–H groups in total. The fourth-order valence-electron chi connectivity index (χ4n) is 1.90. The number of halogens is 1. The van der Waals surface area contributed by atoms with Crippen LogP contribution in [0, 0.1) is 19.7 Å². The highest BCUT2D eigenvalue weighted by molar-refractivity contribution is 5.79. The number of ether oxygens (including phenoxy) is 2. The van der Waals surface area contributed by atoms with Crippen molar-refractivity contribution in [1.29, 1.82) is 0 Å². The first-order valence-electron chi connectivity index (χ1n) is 5.76. The Kier molecular flexibility index (Phi) is 4.72. The summed E-state index contributed by atoms with van der Waals surface area (Å²) in [5.41, 5.74) is -0.146. The lowest BCUT2D eigenvalue weighted by atomic mass is 9.97. The number of carbonyl (C=O) groups excluding carboxylic acids is 1. The lowest BCUT2D eigenvalue weighted by molar-refractivity contribution is -0.153. The summed E-state index contributed by atoms with van der Waals surface area (Å²) in [6.07, 6.45) is -1.76. The predicted octanol–water partition coefficient (Wildman–Crippen LogP) is 1.75. The van der Waals surface area contributed by atoms with Gasteiger partial charge in [0.1, 0.15) is 5.82 Å². The second-order valence-electron chi connectivity index (χ2n) is 4.01. The third-order valence-electron chi connectivity index (χ3n) is 2.86. The van der Waals surface area contributed by atoms with Gasteiger partial charge in [0.25, 0.3) is 0 Å². The number of hydrogen-bond acceptors (Lipinski definition) is 5. The molecule has 0 bridgehead atoms. The zero-order valence-electron chi connectivity index (χ0n) is 11.3. The van der Waals surface area contributed by atoms with Crippen LogP contribution in [0.5, 0.6) is 11.5 Å². The van der Waals surface area contributed by atoms with E-state index in [4.69, 9.17) is 4.74 Å². The SMILES string of the molecule is CCOC(=O)C(O)c1c(C)c(F)c(C)c(OC)c1O. The molecule has 0 fully saturated rings. The van der Waals surface area contributed by atoms with Gasteiger partial charge in [0.2, 0.25) is 0 Å². The summed E-state index contributed by atoms with van der Waals surface area (Å²) < 4.78 is 23.5. The second kappa shape index (κ2) is 5.88. The number of benzene rings is 1. The number of rotatable bonds is 4. The zero-order valence-corrected chi connectivity index (χ0v) is 11.3. The van der Waals surface area contributed by atoms with E-state index in [0.29, 0.717) is 0 Å². The van der Waals surface area contributed by atoms with Crippen LogP contribution in [0.1, 0.15) is 29.7 Å². The fourth-order valence-corrected chi connectivity index (χ4v) is 1.90. The van der Waals surface area contributed by atoms with Gasteiger partial charge in [0, 0.05) is 11.1 Å². The van der Waals surface area contributed by atoms with Crippen LogP contribution in [-0.2, 0) is 9.53 Å². The number of methoxy groups -OCH3 is 1. The summed E-state index contributed by atoms with van der Waals surface area (Å²) in [4.78, 5) is 11.5. The standard InChI is InChI=1S/C13H17FO5/c1-5-19-13(17)11(16)8-6(2)9(14)7(3)12(18-4)10(8)15/h11,15-16H,5H2,1-4H3. The lowest BCUT2D eigenvalue weighted by Crippen LogP contribution is -2.17. The van der Waals surface area contributed by atoms with Crippen molar-refractivity contribution in [2.24, 2.45) is 0 Å². The molecule has 1 aromatic carbocycles. The number of aliphatic hydroxyl groups is 1. The first-order valence-corrected chi connectivity index (χ1v) is 5.76. The first kappa shape index (κ1) is 15.2. The van der Waals surface area contributed by atoms with E-state index in [-0.39, 0.29) is 29.0 Å². The third kappa shape index (κ3) is 2.63. The van der Waals surface area contributed by atoms with Gasteiger partial charge < -0.3 is 19.7 Å². The van der Waals surface area contributed by atoms with Crippen LogP contribution in [0.15, 0.2) is 0 Å². The maximum Gasteiger partial charge on any atom is 0.339 e. The Labute approximate surface area is 110 Å². The molecule has 1 atom stereocenters. The summed E-state index contributed by atoms with van der Waals surface area (Å²) in [5.74, 6) is -2.17. The highest BCUT2D eigenvalue weighted by atomic mass is 19.1. The molecule has 0 spiro atoms. The maximum atomic E-state index is 14.0. The normalized spacial score (nSPS) is 12.1. The molecular formula is C13H17FO5. The predicted molar refractivity (Wildman–Crippen MR) is 65.7 cm³/mol. The highest BCUT2D eigenvalue weighted by Gasteiger charge is 2.29. The Morgan fingerprint density at radius 3 is 2.42 bits per heavy atom. The molecular weight excluding hydrogens is 255 g/mol. The molecule has 0 amide bonds. The first-order chi connectivity index (χ1) is 8.86. The molecule has 1 unspecified atom stereocenters. The Bertz CT molecular complexity index is 499. The van der Waals surface area contributed by atoms with Gasteiger partial charge in [-0.2, -0.15) is 0 Å². The molecule has 0 saturated heterocycles. The molecule has 5 nitrogen and oxygen atoms in total. The molecule has 19 heavy (non-hydrogen) atoms. The van der Waals surface area contributed by atoms with Crippen molar-refractivity contribution in [2.45, 2.75) is 26.9 Å². The van der Waals surface area contributed by atoms with E-state index in [1.807, 2.05) is 0 Å². The molecule has 0 heterocycles. The van der Waals surface area contributed by atoms with Crippen LogP contribution < -0.4 is 4.74 Å². The Balaban J connectivity index is 3.43. The van der Waals surface area contributed by atoms with Crippen LogP contribution in [0.3, 0.4) is 0 Å². The Hall–Kier alpha value is -1.82. The van der Waals surface area contributed by atoms with Crippen LogP contribution >= 0.6 is 0 Å². The number of phenolic OH excluding ortho intramolecular Hbond substituents is 1.